The molecule has 4 rings (SSSR count). The number of amides is 2. The number of benzene rings is 3. The van der Waals surface area contributed by atoms with Crippen LogP contribution in [0.15, 0.2) is 72.8 Å². The van der Waals surface area contributed by atoms with Gasteiger partial charge in [0.15, 0.2) is 0 Å². The zero-order valence-corrected chi connectivity index (χ0v) is 17.3. The fourth-order valence-corrected chi connectivity index (χ4v) is 3.71. The summed E-state index contributed by atoms with van der Waals surface area (Å²) in [6, 6.07) is 21.9. The van der Waals surface area contributed by atoms with Crippen LogP contribution in [0.1, 0.15) is 22.7 Å². The van der Waals surface area contributed by atoms with E-state index in [0.717, 1.165) is 22.4 Å². The van der Waals surface area contributed by atoms with E-state index in [1.54, 1.807) is 16.9 Å². The van der Waals surface area contributed by atoms with Crippen LogP contribution in [0.2, 0.25) is 0 Å². The number of nitrogens with zero attached hydrogens (tertiary/aromatic N) is 2. The van der Waals surface area contributed by atoms with Crippen LogP contribution in [0.4, 0.5) is 11.4 Å². The second-order valence-electron chi connectivity index (χ2n) is 7.53. The largest absolute Gasteiger partial charge is 0.497 e. The van der Waals surface area contributed by atoms with Crippen LogP contribution in [-0.2, 0) is 9.59 Å². The van der Waals surface area contributed by atoms with Gasteiger partial charge in [-0.1, -0.05) is 47.5 Å². The molecular weight excluding hydrogens is 376 g/mol. The molecular formula is C25H24N2O3. The molecule has 1 aliphatic heterocycles. The van der Waals surface area contributed by atoms with E-state index in [1.165, 1.54) is 0 Å². The molecule has 0 N–H and O–H groups in total. The number of carbonyl (C=O) groups excluding carboxylic acids is 2. The number of hydrogen-bond acceptors (Lipinski definition) is 3. The van der Waals surface area contributed by atoms with Crippen molar-refractivity contribution in [2.24, 2.45) is 0 Å². The Morgan fingerprint density at radius 2 is 1.30 bits per heavy atom. The topological polar surface area (TPSA) is 49.9 Å². The fourth-order valence-electron chi connectivity index (χ4n) is 3.71. The third kappa shape index (κ3) is 3.66. The van der Waals surface area contributed by atoms with Crippen LogP contribution >= 0.6 is 0 Å². The van der Waals surface area contributed by atoms with Crippen molar-refractivity contribution < 1.29 is 14.3 Å². The van der Waals surface area contributed by atoms with E-state index in [2.05, 4.69) is 0 Å². The Hall–Kier alpha value is -3.60. The van der Waals surface area contributed by atoms with Crippen LogP contribution < -0.4 is 14.5 Å². The highest BCUT2D eigenvalue weighted by molar-refractivity contribution is 6.14. The van der Waals surface area contributed by atoms with Gasteiger partial charge in [0.25, 0.3) is 5.91 Å². The number of piperazine rings is 1. The molecule has 0 saturated carbocycles. The maximum absolute atomic E-state index is 13.7. The van der Waals surface area contributed by atoms with Gasteiger partial charge in [0.1, 0.15) is 18.3 Å². The predicted octanol–water partition coefficient (Wildman–Crippen LogP) is 4.43. The Labute approximate surface area is 176 Å². The molecule has 1 heterocycles. The molecule has 3 aromatic carbocycles. The SMILES string of the molecule is COc1ccc([C@@H]2C(=O)N(c3ccc(C)cc3)CC(=O)N2c2ccc(C)cc2)cc1. The summed E-state index contributed by atoms with van der Waals surface area (Å²) in [6.45, 7) is 3.99. The van der Waals surface area contributed by atoms with Crippen LogP contribution in [0, 0.1) is 13.8 Å². The molecule has 152 valence electrons. The maximum atomic E-state index is 13.7. The molecule has 2 amide bonds. The first-order chi connectivity index (χ1) is 14.5. The number of anilines is 2. The van der Waals surface area contributed by atoms with Gasteiger partial charge in [-0.15, -0.1) is 0 Å². The summed E-state index contributed by atoms with van der Waals surface area (Å²) in [6.07, 6.45) is 0. The third-order valence-electron chi connectivity index (χ3n) is 5.41. The van der Waals surface area contributed by atoms with Crippen molar-refractivity contribution in [1.82, 2.24) is 0 Å². The Morgan fingerprint density at radius 1 is 0.767 bits per heavy atom. The lowest BCUT2D eigenvalue weighted by atomic mass is 9.99. The molecule has 0 spiro atoms. The Kier molecular flexibility index (Phi) is 5.27. The number of aryl methyl sites for hydroxylation is 2. The molecule has 30 heavy (non-hydrogen) atoms. The molecule has 5 heteroatoms. The molecule has 0 unspecified atom stereocenters. The average molecular weight is 400 g/mol. The average Bonchev–Trinajstić information content (AvgIpc) is 2.76. The summed E-state index contributed by atoms with van der Waals surface area (Å²) in [5.41, 5.74) is 4.37. The van der Waals surface area contributed by atoms with Crippen molar-refractivity contribution in [3.63, 3.8) is 0 Å². The van der Waals surface area contributed by atoms with E-state index in [4.69, 9.17) is 4.74 Å². The lowest BCUT2D eigenvalue weighted by Gasteiger charge is -2.40. The summed E-state index contributed by atoms with van der Waals surface area (Å²) in [5, 5.41) is 0. The van der Waals surface area contributed by atoms with E-state index in [0.29, 0.717) is 11.4 Å². The molecule has 0 bridgehead atoms. The van der Waals surface area contributed by atoms with Gasteiger partial charge in [-0.2, -0.15) is 0 Å². The molecule has 5 nitrogen and oxygen atoms in total. The smallest absolute Gasteiger partial charge is 0.255 e. The molecule has 1 saturated heterocycles. The minimum absolute atomic E-state index is 0.00241. The van der Waals surface area contributed by atoms with Gasteiger partial charge in [0.05, 0.1) is 7.11 Å². The minimum atomic E-state index is -0.749. The molecule has 0 radical (unpaired) electrons. The first-order valence-electron chi connectivity index (χ1n) is 9.88. The highest BCUT2D eigenvalue weighted by atomic mass is 16.5. The van der Waals surface area contributed by atoms with Crippen molar-refractivity contribution >= 4 is 23.2 Å². The van der Waals surface area contributed by atoms with Gasteiger partial charge in [0, 0.05) is 11.4 Å². The van der Waals surface area contributed by atoms with Gasteiger partial charge in [-0.3, -0.25) is 14.5 Å². The van der Waals surface area contributed by atoms with Crippen LogP contribution in [0.25, 0.3) is 0 Å². The van der Waals surface area contributed by atoms with E-state index in [9.17, 15) is 9.59 Å². The van der Waals surface area contributed by atoms with Crippen molar-refractivity contribution in [1.29, 1.82) is 0 Å². The van der Waals surface area contributed by atoms with Gasteiger partial charge in [-0.25, -0.2) is 0 Å². The van der Waals surface area contributed by atoms with Crippen molar-refractivity contribution in [2.45, 2.75) is 19.9 Å². The second kappa shape index (κ2) is 8.03. The maximum Gasteiger partial charge on any atom is 0.255 e. The minimum Gasteiger partial charge on any atom is -0.497 e. The zero-order chi connectivity index (χ0) is 21.3. The lowest BCUT2D eigenvalue weighted by molar-refractivity contribution is -0.128. The van der Waals surface area contributed by atoms with Crippen molar-refractivity contribution in [3.8, 4) is 5.75 Å². The molecule has 3 aromatic rings. The van der Waals surface area contributed by atoms with E-state index < -0.39 is 6.04 Å². The second-order valence-corrected chi connectivity index (χ2v) is 7.53. The summed E-state index contributed by atoms with van der Waals surface area (Å²) in [5.74, 6) is 0.439. The van der Waals surface area contributed by atoms with Gasteiger partial charge in [0.2, 0.25) is 5.91 Å². The monoisotopic (exact) mass is 400 g/mol. The normalized spacial score (nSPS) is 16.7. The lowest BCUT2D eigenvalue weighted by Crippen LogP contribution is -2.56. The first-order valence-corrected chi connectivity index (χ1v) is 9.88. The molecule has 1 atom stereocenters. The van der Waals surface area contributed by atoms with Gasteiger partial charge in [-0.05, 0) is 55.8 Å². The summed E-state index contributed by atoms with van der Waals surface area (Å²) < 4.78 is 5.25. The summed E-state index contributed by atoms with van der Waals surface area (Å²) >= 11 is 0. The number of methoxy groups -OCH3 is 1. The highest BCUT2D eigenvalue weighted by Crippen LogP contribution is 2.35. The number of rotatable bonds is 4. The number of carbonyl (C=O) groups is 2. The first kappa shape index (κ1) is 19.7. The number of ether oxygens (including phenoxy) is 1. The predicted molar refractivity (Wildman–Crippen MR) is 118 cm³/mol. The molecule has 1 aliphatic rings. The fraction of sp³-hybridized carbons (Fsp3) is 0.200. The van der Waals surface area contributed by atoms with Crippen molar-refractivity contribution in [2.75, 3.05) is 23.5 Å². The Morgan fingerprint density at radius 3 is 1.83 bits per heavy atom. The van der Waals surface area contributed by atoms with Gasteiger partial charge >= 0.3 is 0 Å². The summed E-state index contributed by atoms with van der Waals surface area (Å²) in [4.78, 5) is 30.1. The Bertz CT molecular complexity index is 1060. The van der Waals surface area contributed by atoms with Gasteiger partial charge < -0.3 is 9.64 Å². The van der Waals surface area contributed by atoms with Crippen LogP contribution in [0.5, 0.6) is 5.75 Å². The van der Waals surface area contributed by atoms with E-state index >= 15 is 0 Å². The molecule has 0 aromatic heterocycles. The molecule has 1 fully saturated rings. The zero-order valence-electron chi connectivity index (χ0n) is 17.3. The van der Waals surface area contributed by atoms with E-state index in [-0.39, 0.29) is 18.4 Å². The Balaban J connectivity index is 1.79. The quantitative estimate of drug-likeness (QED) is 0.651. The number of hydrogen-bond donors (Lipinski definition) is 0. The highest BCUT2D eigenvalue weighted by Gasteiger charge is 2.41. The van der Waals surface area contributed by atoms with Crippen molar-refractivity contribution in [3.05, 3.63) is 89.5 Å². The third-order valence-corrected chi connectivity index (χ3v) is 5.41. The standard InChI is InChI=1S/C25H24N2O3/c1-17-4-10-20(11-5-17)26-16-23(28)27(21-12-6-18(2)7-13-21)24(25(26)29)19-8-14-22(30-3)15-9-19/h4-15,24H,16H2,1-3H3/t24-/m1/s1. The van der Waals surface area contributed by atoms with E-state index in [1.807, 2.05) is 86.6 Å². The summed E-state index contributed by atoms with van der Waals surface area (Å²) in [7, 11) is 1.60. The van der Waals surface area contributed by atoms with Crippen LogP contribution in [0.3, 0.4) is 0 Å². The molecule has 0 aliphatic carbocycles. The van der Waals surface area contributed by atoms with Crippen LogP contribution in [-0.4, -0.2) is 25.5 Å².